The van der Waals surface area contributed by atoms with Crippen LogP contribution in [0.4, 0.5) is 18.0 Å². The van der Waals surface area contributed by atoms with Gasteiger partial charge in [0.05, 0.1) is 19.8 Å². The molecule has 0 aromatic heterocycles. The van der Waals surface area contributed by atoms with Crippen molar-refractivity contribution in [1.82, 2.24) is 9.96 Å². The van der Waals surface area contributed by atoms with Crippen LogP contribution in [0.25, 0.3) is 0 Å². The van der Waals surface area contributed by atoms with E-state index in [4.69, 9.17) is 9.57 Å². The molecule has 0 aliphatic carbocycles. The Labute approximate surface area is 132 Å². The highest BCUT2D eigenvalue weighted by Gasteiger charge is 2.46. The zero-order valence-electron chi connectivity index (χ0n) is 13.6. The van der Waals surface area contributed by atoms with E-state index in [1.54, 1.807) is 20.8 Å². The maximum atomic E-state index is 12.4. The van der Waals surface area contributed by atoms with Gasteiger partial charge in [-0.1, -0.05) is 0 Å². The van der Waals surface area contributed by atoms with Gasteiger partial charge in [-0.3, -0.25) is 19.3 Å². The predicted octanol–water partition coefficient (Wildman–Crippen LogP) is 1.92. The number of amides is 2. The third-order valence-electron chi connectivity index (χ3n) is 3.06. The van der Waals surface area contributed by atoms with Crippen molar-refractivity contribution in [2.75, 3.05) is 20.7 Å². The fraction of sp³-hybridized carbons (Fsp3) is 0.846. The van der Waals surface area contributed by atoms with E-state index in [0.29, 0.717) is 0 Å². The van der Waals surface area contributed by atoms with Crippen LogP contribution in [0.1, 0.15) is 27.2 Å². The number of nitrogens with zero attached hydrogens (tertiary/aromatic N) is 2. The third kappa shape index (κ3) is 5.87. The number of hydrogen-bond acceptors (Lipinski definition) is 5. The van der Waals surface area contributed by atoms with Crippen LogP contribution in [0.5, 0.6) is 0 Å². The summed E-state index contributed by atoms with van der Waals surface area (Å²) in [5, 5.41) is 0.845. The first-order valence-electron chi connectivity index (χ1n) is 6.90. The van der Waals surface area contributed by atoms with E-state index in [1.165, 1.54) is 14.2 Å². The first-order chi connectivity index (χ1) is 10.3. The van der Waals surface area contributed by atoms with Gasteiger partial charge < -0.3 is 4.74 Å². The number of hydrogen-bond donors (Lipinski definition) is 0. The van der Waals surface area contributed by atoms with Crippen LogP contribution in [-0.4, -0.2) is 66.8 Å². The van der Waals surface area contributed by atoms with E-state index in [2.05, 4.69) is 4.74 Å². The number of carbonyl (C=O) groups excluding carboxylic acids is 2. The topological polar surface area (TPSA) is 68.3 Å². The third-order valence-corrected chi connectivity index (χ3v) is 3.06. The Morgan fingerprint density at radius 1 is 1.22 bits per heavy atom. The maximum Gasteiger partial charge on any atom is 0.522 e. The standard InChI is InChI=1S/C13H21F3N2O5/c1-12(2,3)23-11(20)18-7-8(22-13(14,15)16)6-9(18)10(19)17(4)21-5/h8-9H,6-7H2,1-5H3/t8-,9+/m1/s1. The molecule has 1 aliphatic rings. The number of ether oxygens (including phenoxy) is 2. The van der Waals surface area contributed by atoms with Gasteiger partial charge in [-0.25, -0.2) is 9.86 Å². The summed E-state index contributed by atoms with van der Waals surface area (Å²) < 4.78 is 46.2. The molecule has 1 heterocycles. The quantitative estimate of drug-likeness (QED) is 0.733. The summed E-state index contributed by atoms with van der Waals surface area (Å²) in [7, 11) is 2.53. The zero-order valence-corrected chi connectivity index (χ0v) is 13.6. The molecule has 7 nitrogen and oxygen atoms in total. The van der Waals surface area contributed by atoms with Crippen molar-refractivity contribution in [1.29, 1.82) is 0 Å². The fourth-order valence-electron chi connectivity index (χ4n) is 2.13. The van der Waals surface area contributed by atoms with Crippen molar-refractivity contribution >= 4 is 12.0 Å². The Hall–Kier alpha value is -1.55. The normalized spacial score (nSPS) is 22.2. The van der Waals surface area contributed by atoms with Crippen molar-refractivity contribution in [2.24, 2.45) is 0 Å². The molecular formula is C13H21F3N2O5. The fourth-order valence-corrected chi connectivity index (χ4v) is 2.13. The van der Waals surface area contributed by atoms with Crippen molar-refractivity contribution in [3.8, 4) is 0 Å². The van der Waals surface area contributed by atoms with Gasteiger partial charge in [-0.2, -0.15) is 0 Å². The number of likely N-dealkylation sites (N-methyl/N-ethyl adjacent to an activating group) is 1. The molecule has 1 fully saturated rings. The molecule has 1 aliphatic heterocycles. The van der Waals surface area contributed by atoms with Crippen LogP contribution in [-0.2, 0) is 19.1 Å². The Morgan fingerprint density at radius 3 is 2.22 bits per heavy atom. The minimum atomic E-state index is -4.85. The first kappa shape index (κ1) is 19.5. The summed E-state index contributed by atoms with van der Waals surface area (Å²) in [4.78, 5) is 30.0. The van der Waals surface area contributed by atoms with E-state index >= 15 is 0 Å². The molecule has 0 aromatic carbocycles. The molecule has 0 spiro atoms. The van der Waals surface area contributed by atoms with Crippen molar-refractivity contribution < 1.29 is 37.1 Å². The molecule has 2 amide bonds. The number of carbonyl (C=O) groups is 2. The SMILES string of the molecule is CON(C)C(=O)[C@@H]1C[C@@H](OC(F)(F)F)CN1C(=O)OC(C)(C)C. The molecule has 0 aromatic rings. The van der Waals surface area contributed by atoms with Crippen LogP contribution in [0, 0.1) is 0 Å². The Balaban J connectivity index is 2.92. The lowest BCUT2D eigenvalue weighted by Gasteiger charge is -2.29. The van der Waals surface area contributed by atoms with E-state index in [9.17, 15) is 22.8 Å². The van der Waals surface area contributed by atoms with Crippen molar-refractivity contribution in [2.45, 2.75) is 51.3 Å². The van der Waals surface area contributed by atoms with Gasteiger partial charge in [0.1, 0.15) is 11.6 Å². The highest BCUT2D eigenvalue weighted by Crippen LogP contribution is 2.29. The van der Waals surface area contributed by atoms with Crippen LogP contribution >= 0.6 is 0 Å². The van der Waals surface area contributed by atoms with Crippen LogP contribution in [0.15, 0.2) is 0 Å². The average Bonchev–Trinajstić information content (AvgIpc) is 2.76. The van der Waals surface area contributed by atoms with Gasteiger partial charge in [0.15, 0.2) is 0 Å². The second-order valence-electron chi connectivity index (χ2n) is 6.09. The number of rotatable bonds is 3. The first-order valence-corrected chi connectivity index (χ1v) is 6.90. The molecule has 0 bridgehead atoms. The molecule has 0 N–H and O–H groups in total. The summed E-state index contributed by atoms with van der Waals surface area (Å²) >= 11 is 0. The van der Waals surface area contributed by atoms with E-state index in [0.717, 1.165) is 9.96 Å². The lowest BCUT2D eigenvalue weighted by molar-refractivity contribution is -0.340. The Morgan fingerprint density at radius 2 is 1.78 bits per heavy atom. The second kappa shape index (κ2) is 6.91. The molecule has 23 heavy (non-hydrogen) atoms. The Kier molecular flexibility index (Phi) is 5.86. The van der Waals surface area contributed by atoms with Gasteiger partial charge >= 0.3 is 12.5 Å². The minimum Gasteiger partial charge on any atom is -0.444 e. The lowest BCUT2D eigenvalue weighted by Crippen LogP contribution is -2.47. The summed E-state index contributed by atoms with van der Waals surface area (Å²) in [5.41, 5.74) is -0.846. The van der Waals surface area contributed by atoms with Crippen LogP contribution in [0.3, 0.4) is 0 Å². The Bertz CT molecular complexity index is 450. The highest BCUT2D eigenvalue weighted by molar-refractivity contribution is 5.85. The average molecular weight is 342 g/mol. The number of halogens is 3. The molecule has 0 unspecified atom stereocenters. The van der Waals surface area contributed by atoms with Gasteiger partial charge in [-0.15, -0.1) is 13.2 Å². The molecule has 0 radical (unpaired) electrons. The van der Waals surface area contributed by atoms with Crippen LogP contribution < -0.4 is 0 Å². The number of hydroxylamine groups is 2. The summed E-state index contributed by atoms with van der Waals surface area (Å²) in [6.45, 7) is 4.44. The van der Waals surface area contributed by atoms with E-state index in [1.807, 2.05) is 0 Å². The highest BCUT2D eigenvalue weighted by atomic mass is 19.4. The van der Waals surface area contributed by atoms with E-state index < -0.39 is 42.7 Å². The predicted molar refractivity (Wildman–Crippen MR) is 72.1 cm³/mol. The molecule has 10 heteroatoms. The molecule has 134 valence electrons. The minimum absolute atomic E-state index is 0.300. The van der Waals surface area contributed by atoms with E-state index in [-0.39, 0.29) is 6.42 Å². The van der Waals surface area contributed by atoms with Crippen molar-refractivity contribution in [3.05, 3.63) is 0 Å². The van der Waals surface area contributed by atoms with Gasteiger partial charge in [0.25, 0.3) is 5.91 Å². The van der Waals surface area contributed by atoms with Gasteiger partial charge in [0.2, 0.25) is 0 Å². The molecular weight excluding hydrogens is 321 g/mol. The number of likely N-dealkylation sites (tertiary alicyclic amines) is 1. The van der Waals surface area contributed by atoms with Gasteiger partial charge in [0, 0.05) is 13.5 Å². The van der Waals surface area contributed by atoms with Crippen LogP contribution in [0.2, 0.25) is 0 Å². The molecule has 1 rings (SSSR count). The molecule has 1 saturated heterocycles. The lowest BCUT2D eigenvalue weighted by atomic mass is 10.2. The largest absolute Gasteiger partial charge is 0.522 e. The van der Waals surface area contributed by atoms with Crippen molar-refractivity contribution in [3.63, 3.8) is 0 Å². The summed E-state index contributed by atoms with van der Waals surface area (Å²) in [5.74, 6) is -0.661. The smallest absolute Gasteiger partial charge is 0.444 e. The maximum absolute atomic E-state index is 12.4. The molecule has 0 saturated carbocycles. The van der Waals surface area contributed by atoms with Gasteiger partial charge in [-0.05, 0) is 20.8 Å². The molecule has 2 atom stereocenters. The number of alkyl halides is 3. The summed E-state index contributed by atoms with van der Waals surface area (Å²) in [6.07, 6.45) is -7.38. The summed E-state index contributed by atoms with van der Waals surface area (Å²) in [6, 6.07) is -1.15. The monoisotopic (exact) mass is 342 g/mol. The zero-order chi connectivity index (χ0) is 18.0. The second-order valence-corrected chi connectivity index (χ2v) is 6.09.